The van der Waals surface area contributed by atoms with Gasteiger partial charge in [0, 0.05) is 23.6 Å². The zero-order chi connectivity index (χ0) is 19.0. The largest absolute Gasteiger partial charge is 0.457 e. The Labute approximate surface area is 165 Å². The lowest BCUT2D eigenvalue weighted by atomic mass is 10.2. The van der Waals surface area contributed by atoms with E-state index in [0.717, 1.165) is 37.1 Å². The highest BCUT2D eigenvalue weighted by Gasteiger charge is 2.23. The zero-order valence-corrected chi connectivity index (χ0v) is 16.5. The maximum Gasteiger partial charge on any atom is 0.349 e. The van der Waals surface area contributed by atoms with Gasteiger partial charge in [-0.05, 0) is 31.4 Å². The predicted molar refractivity (Wildman–Crippen MR) is 107 cm³/mol. The second-order valence-electron chi connectivity index (χ2n) is 6.70. The minimum Gasteiger partial charge on any atom is -0.457 e. The summed E-state index contributed by atoms with van der Waals surface area (Å²) in [5.74, 6) is 0.372. The third kappa shape index (κ3) is 3.39. The Balaban J connectivity index is 1.67. The van der Waals surface area contributed by atoms with Crippen LogP contribution in [0.15, 0.2) is 29.1 Å². The van der Waals surface area contributed by atoms with E-state index >= 15 is 0 Å². The van der Waals surface area contributed by atoms with E-state index in [0.29, 0.717) is 32.2 Å². The van der Waals surface area contributed by atoms with Crippen molar-refractivity contribution in [2.75, 3.05) is 0 Å². The third-order valence-corrected chi connectivity index (χ3v) is 6.45. The molecule has 0 unspecified atom stereocenters. The molecular weight excluding hydrogens is 384 g/mol. The van der Waals surface area contributed by atoms with Gasteiger partial charge in [-0.2, -0.15) is 0 Å². The van der Waals surface area contributed by atoms with Gasteiger partial charge in [0.05, 0.1) is 5.39 Å². The molecule has 0 amide bonds. The van der Waals surface area contributed by atoms with E-state index in [1.807, 2.05) is 18.2 Å². The molecule has 3 heterocycles. The first-order valence-electron chi connectivity index (χ1n) is 8.99. The van der Waals surface area contributed by atoms with E-state index in [9.17, 15) is 9.59 Å². The van der Waals surface area contributed by atoms with E-state index in [1.165, 1.54) is 11.3 Å². The lowest BCUT2D eigenvalue weighted by Crippen LogP contribution is -2.24. The molecule has 0 atom stereocenters. The Kier molecular flexibility index (Phi) is 5.02. The van der Waals surface area contributed by atoms with E-state index in [2.05, 4.69) is 4.98 Å². The van der Waals surface area contributed by atoms with Crippen molar-refractivity contribution in [3.8, 4) is 0 Å². The number of ether oxygens (including phenoxy) is 1. The summed E-state index contributed by atoms with van der Waals surface area (Å²) in [4.78, 5) is 31.3. The average Bonchev–Trinajstić information content (AvgIpc) is 2.83. The first-order chi connectivity index (χ1) is 13.1. The summed E-state index contributed by atoms with van der Waals surface area (Å²) in [6, 6.07) is 7.25. The van der Waals surface area contributed by atoms with E-state index in [1.54, 1.807) is 17.6 Å². The van der Waals surface area contributed by atoms with Gasteiger partial charge in [-0.15, -0.1) is 11.3 Å². The average molecular weight is 403 g/mol. The molecule has 0 aliphatic carbocycles. The molecule has 1 aromatic carbocycles. The lowest BCUT2D eigenvalue weighted by Gasteiger charge is -2.08. The molecule has 3 aromatic rings. The van der Waals surface area contributed by atoms with Gasteiger partial charge in [0.1, 0.15) is 22.1 Å². The first-order valence-corrected chi connectivity index (χ1v) is 10.2. The monoisotopic (exact) mass is 402 g/mol. The molecule has 1 aliphatic rings. The summed E-state index contributed by atoms with van der Waals surface area (Å²) in [6.07, 6.45) is 3.93. The molecule has 0 saturated heterocycles. The van der Waals surface area contributed by atoms with Crippen molar-refractivity contribution in [1.82, 2.24) is 9.55 Å². The fraction of sp³-hybridized carbons (Fsp3) is 0.350. The summed E-state index contributed by atoms with van der Waals surface area (Å²) in [5.41, 5.74) is 1.35. The quantitative estimate of drug-likeness (QED) is 0.605. The standard InChI is InChI=1S/C20H19ClN2O3S/c1-12-16-18(22-15-9-3-2-6-10-23(15)19(16)24)27-17(12)20(25)26-11-13-7-4-5-8-14(13)21/h4-5,7-8H,2-3,6,9-11H2,1H3. The molecule has 1 aliphatic heterocycles. The van der Waals surface area contributed by atoms with Crippen LogP contribution in [0.25, 0.3) is 10.2 Å². The second kappa shape index (κ2) is 7.44. The zero-order valence-electron chi connectivity index (χ0n) is 15.0. The number of carbonyl (C=O) groups excluding carboxylic acids is 1. The van der Waals surface area contributed by atoms with E-state index in [4.69, 9.17) is 16.3 Å². The van der Waals surface area contributed by atoms with Crippen LogP contribution in [0.3, 0.4) is 0 Å². The highest BCUT2D eigenvalue weighted by Crippen LogP contribution is 2.29. The maximum atomic E-state index is 13.0. The third-order valence-electron chi connectivity index (χ3n) is 4.91. The minimum atomic E-state index is -0.449. The minimum absolute atomic E-state index is 0.0456. The van der Waals surface area contributed by atoms with Crippen LogP contribution in [0, 0.1) is 6.92 Å². The van der Waals surface area contributed by atoms with Crippen molar-refractivity contribution < 1.29 is 9.53 Å². The molecule has 0 bridgehead atoms. The summed E-state index contributed by atoms with van der Waals surface area (Å²) < 4.78 is 7.21. The van der Waals surface area contributed by atoms with E-state index < -0.39 is 5.97 Å². The SMILES string of the molecule is Cc1c(C(=O)OCc2ccccc2Cl)sc2nc3n(c(=O)c12)CCCCC3. The van der Waals surface area contributed by atoms with Crippen molar-refractivity contribution >= 4 is 39.1 Å². The summed E-state index contributed by atoms with van der Waals surface area (Å²) in [6.45, 7) is 2.57. The predicted octanol–water partition coefficient (Wildman–Crippen LogP) is 4.50. The van der Waals surface area contributed by atoms with E-state index in [-0.39, 0.29) is 12.2 Å². The van der Waals surface area contributed by atoms with Crippen LogP contribution in [-0.2, 0) is 24.3 Å². The summed E-state index contributed by atoms with van der Waals surface area (Å²) in [7, 11) is 0. The van der Waals surface area contributed by atoms with Crippen molar-refractivity contribution in [3.63, 3.8) is 0 Å². The Morgan fingerprint density at radius 3 is 2.93 bits per heavy atom. The van der Waals surface area contributed by atoms with Gasteiger partial charge in [-0.1, -0.05) is 36.2 Å². The van der Waals surface area contributed by atoms with Gasteiger partial charge in [0.25, 0.3) is 5.56 Å². The Bertz CT molecular complexity index is 1090. The number of thiophene rings is 1. The number of rotatable bonds is 3. The molecule has 0 radical (unpaired) electrons. The summed E-state index contributed by atoms with van der Waals surface area (Å²) in [5, 5.41) is 1.09. The molecule has 140 valence electrons. The molecule has 0 saturated carbocycles. The van der Waals surface area contributed by atoms with Gasteiger partial charge >= 0.3 is 5.97 Å². The fourth-order valence-corrected chi connectivity index (χ4v) is 4.70. The number of esters is 1. The van der Waals surface area contributed by atoms with Crippen molar-refractivity contribution in [2.45, 2.75) is 45.8 Å². The number of aromatic nitrogens is 2. The molecule has 5 nitrogen and oxygen atoms in total. The van der Waals surface area contributed by atoms with Gasteiger partial charge in [0.15, 0.2) is 0 Å². The van der Waals surface area contributed by atoms with Crippen molar-refractivity contribution in [1.29, 1.82) is 0 Å². The molecule has 0 fully saturated rings. The Hall–Kier alpha value is -2.18. The highest BCUT2D eigenvalue weighted by atomic mass is 35.5. The van der Waals surface area contributed by atoms with Gasteiger partial charge in [0.2, 0.25) is 0 Å². The lowest BCUT2D eigenvalue weighted by molar-refractivity contribution is 0.0478. The van der Waals surface area contributed by atoms with Crippen LogP contribution in [0.5, 0.6) is 0 Å². The Morgan fingerprint density at radius 1 is 1.30 bits per heavy atom. The number of fused-ring (bicyclic) bond motifs is 2. The first kappa shape index (κ1) is 18.2. The van der Waals surface area contributed by atoms with Gasteiger partial charge in [-0.3, -0.25) is 9.36 Å². The van der Waals surface area contributed by atoms with Crippen LogP contribution in [-0.4, -0.2) is 15.5 Å². The van der Waals surface area contributed by atoms with Gasteiger partial charge in [-0.25, -0.2) is 9.78 Å². The molecule has 4 rings (SSSR count). The summed E-state index contributed by atoms with van der Waals surface area (Å²) >= 11 is 7.35. The second-order valence-corrected chi connectivity index (χ2v) is 8.11. The number of benzene rings is 1. The smallest absolute Gasteiger partial charge is 0.349 e. The maximum absolute atomic E-state index is 13.0. The molecule has 0 spiro atoms. The van der Waals surface area contributed by atoms with Gasteiger partial charge < -0.3 is 4.74 Å². The molecular formula is C20H19ClN2O3S. The number of hydrogen-bond acceptors (Lipinski definition) is 5. The fourth-order valence-electron chi connectivity index (χ4n) is 3.43. The van der Waals surface area contributed by atoms with Crippen LogP contribution in [0.4, 0.5) is 0 Å². The normalized spacial score (nSPS) is 14.0. The topological polar surface area (TPSA) is 61.2 Å². The van der Waals surface area contributed by atoms with Crippen LogP contribution in [0.1, 0.15) is 45.9 Å². The molecule has 0 N–H and O–H groups in total. The van der Waals surface area contributed by atoms with Crippen LogP contribution >= 0.6 is 22.9 Å². The van der Waals surface area contributed by atoms with Crippen LogP contribution in [0.2, 0.25) is 5.02 Å². The number of nitrogens with zero attached hydrogens (tertiary/aromatic N) is 2. The molecule has 7 heteroatoms. The number of carbonyl (C=O) groups is 1. The molecule has 27 heavy (non-hydrogen) atoms. The number of aryl methyl sites for hydroxylation is 2. The van der Waals surface area contributed by atoms with Crippen molar-refractivity contribution in [2.24, 2.45) is 0 Å². The molecule has 2 aromatic heterocycles. The van der Waals surface area contributed by atoms with Crippen LogP contribution < -0.4 is 5.56 Å². The number of hydrogen-bond donors (Lipinski definition) is 0. The number of halogens is 1. The highest BCUT2D eigenvalue weighted by molar-refractivity contribution is 7.20. The Morgan fingerprint density at radius 2 is 2.11 bits per heavy atom. The van der Waals surface area contributed by atoms with Crippen molar-refractivity contribution in [3.05, 3.63) is 61.5 Å².